The molecule has 0 saturated heterocycles. The monoisotopic (exact) mass is 202 g/mol. The minimum Gasteiger partial charge on any atom is -0.395 e. The van der Waals surface area contributed by atoms with E-state index in [0.29, 0.717) is 0 Å². The lowest BCUT2D eigenvalue weighted by atomic mass is 9.94. The summed E-state index contributed by atoms with van der Waals surface area (Å²) in [4.78, 5) is 22.7. The molecule has 0 rings (SSSR count). The highest BCUT2D eigenvalue weighted by atomic mass is 16.6. The van der Waals surface area contributed by atoms with Crippen molar-refractivity contribution in [1.29, 1.82) is 0 Å². The predicted octanol–water partition coefficient (Wildman–Crippen LogP) is 1.12. The Hall–Kier alpha value is -0.900. The smallest absolute Gasteiger partial charge is 0.321 e. The van der Waals surface area contributed by atoms with E-state index >= 15 is 0 Å². The molecule has 0 fully saturated rings. The Morgan fingerprint density at radius 2 is 1.50 bits per heavy atom. The third kappa shape index (κ3) is 3.46. The average Bonchev–Trinajstić information content (AvgIpc) is 2.02. The maximum atomic E-state index is 11.3. The van der Waals surface area contributed by atoms with Crippen molar-refractivity contribution in [3.8, 4) is 0 Å². The molecular formula is C10H18O4. The number of carbonyl (C=O) groups excluding carboxylic acids is 2. The fraction of sp³-hybridized carbons (Fsp3) is 0.800. The van der Waals surface area contributed by atoms with Crippen LogP contribution in [0, 0.1) is 10.8 Å². The fourth-order valence-corrected chi connectivity index (χ4v) is 0.440. The van der Waals surface area contributed by atoms with E-state index in [9.17, 15) is 9.59 Å². The molecule has 0 aromatic rings. The van der Waals surface area contributed by atoms with Crippen LogP contribution >= 0.6 is 0 Å². The van der Waals surface area contributed by atoms with Crippen LogP contribution in [-0.4, -0.2) is 23.7 Å². The molecule has 4 nitrogen and oxygen atoms in total. The summed E-state index contributed by atoms with van der Waals surface area (Å²) in [6.07, 6.45) is 0. The molecule has 0 aliphatic rings. The molecule has 0 aromatic heterocycles. The maximum absolute atomic E-state index is 11.3. The van der Waals surface area contributed by atoms with Crippen molar-refractivity contribution in [2.24, 2.45) is 10.8 Å². The first-order valence-corrected chi connectivity index (χ1v) is 4.49. The van der Waals surface area contributed by atoms with Crippen LogP contribution < -0.4 is 0 Å². The van der Waals surface area contributed by atoms with Gasteiger partial charge in [-0.05, 0) is 34.6 Å². The Bertz CT molecular complexity index is 235. The molecule has 82 valence electrons. The second kappa shape index (κ2) is 4.09. The summed E-state index contributed by atoms with van der Waals surface area (Å²) in [6, 6.07) is 0. The lowest BCUT2D eigenvalue weighted by molar-refractivity contribution is -0.172. The molecule has 4 heteroatoms. The highest BCUT2D eigenvalue weighted by Gasteiger charge is 2.34. The van der Waals surface area contributed by atoms with Crippen LogP contribution in [0.15, 0.2) is 0 Å². The highest BCUT2D eigenvalue weighted by Crippen LogP contribution is 2.20. The molecule has 1 N–H and O–H groups in total. The summed E-state index contributed by atoms with van der Waals surface area (Å²) in [7, 11) is 0. The zero-order chi connectivity index (χ0) is 11.6. The minimum atomic E-state index is -1.03. The third-order valence-corrected chi connectivity index (χ3v) is 1.75. The predicted molar refractivity (Wildman–Crippen MR) is 51.4 cm³/mol. The number of hydrogen-bond donors (Lipinski definition) is 1. The Kier molecular flexibility index (Phi) is 3.82. The van der Waals surface area contributed by atoms with Gasteiger partial charge in [-0.1, -0.05) is 0 Å². The highest BCUT2D eigenvalue weighted by molar-refractivity contribution is 5.90. The van der Waals surface area contributed by atoms with Gasteiger partial charge in [-0.15, -0.1) is 0 Å². The number of hydrogen-bond acceptors (Lipinski definition) is 4. The van der Waals surface area contributed by atoms with Crippen LogP contribution in [0.4, 0.5) is 0 Å². The number of ether oxygens (including phenoxy) is 1. The van der Waals surface area contributed by atoms with E-state index in [1.807, 2.05) is 0 Å². The van der Waals surface area contributed by atoms with Gasteiger partial charge in [0, 0.05) is 0 Å². The quantitative estimate of drug-likeness (QED) is 0.538. The minimum absolute atomic E-state index is 0.344. The number of carbonyl (C=O) groups is 2. The average molecular weight is 202 g/mol. The molecule has 0 spiro atoms. The van der Waals surface area contributed by atoms with Crippen molar-refractivity contribution in [2.75, 3.05) is 6.61 Å². The first-order chi connectivity index (χ1) is 6.11. The zero-order valence-electron chi connectivity index (χ0n) is 9.38. The normalized spacial score (nSPS) is 12.4. The van der Waals surface area contributed by atoms with E-state index in [2.05, 4.69) is 4.74 Å². The summed E-state index contributed by atoms with van der Waals surface area (Å²) < 4.78 is 4.63. The fourth-order valence-electron chi connectivity index (χ4n) is 0.440. The Labute approximate surface area is 84.3 Å². The summed E-state index contributed by atoms with van der Waals surface area (Å²) >= 11 is 0. The van der Waals surface area contributed by atoms with Crippen LogP contribution in [0.1, 0.15) is 34.6 Å². The van der Waals surface area contributed by atoms with Gasteiger partial charge in [-0.25, -0.2) is 0 Å². The van der Waals surface area contributed by atoms with Crippen LogP contribution in [-0.2, 0) is 14.3 Å². The van der Waals surface area contributed by atoms with Crippen LogP contribution in [0.2, 0.25) is 0 Å². The van der Waals surface area contributed by atoms with Gasteiger partial charge in [0.05, 0.1) is 17.4 Å². The lowest BCUT2D eigenvalue weighted by Gasteiger charge is -2.22. The summed E-state index contributed by atoms with van der Waals surface area (Å²) in [5.41, 5.74) is -1.73. The Morgan fingerprint density at radius 1 is 1.07 bits per heavy atom. The molecule has 0 aromatic carbocycles. The second-order valence-electron chi connectivity index (χ2n) is 4.97. The summed E-state index contributed by atoms with van der Waals surface area (Å²) in [5, 5.41) is 8.87. The number of rotatable bonds is 2. The van der Waals surface area contributed by atoms with Gasteiger partial charge in [0.25, 0.3) is 0 Å². The number of aliphatic hydroxyl groups excluding tert-OH is 1. The first-order valence-electron chi connectivity index (χ1n) is 4.49. The van der Waals surface area contributed by atoms with Crippen molar-refractivity contribution in [2.45, 2.75) is 34.6 Å². The van der Waals surface area contributed by atoms with Crippen LogP contribution in [0.25, 0.3) is 0 Å². The van der Waals surface area contributed by atoms with E-state index < -0.39 is 22.8 Å². The zero-order valence-corrected chi connectivity index (χ0v) is 9.38. The van der Waals surface area contributed by atoms with Crippen LogP contribution in [0.3, 0.4) is 0 Å². The summed E-state index contributed by atoms with van der Waals surface area (Å²) in [5.74, 6) is -1.27. The van der Waals surface area contributed by atoms with Crippen molar-refractivity contribution < 1.29 is 19.4 Å². The van der Waals surface area contributed by atoms with Gasteiger partial charge in [-0.3, -0.25) is 9.59 Å². The SMILES string of the molecule is CC(C)(C)C(=O)OC(=O)C(C)(C)CO. The van der Waals surface area contributed by atoms with Gasteiger partial charge >= 0.3 is 11.9 Å². The Morgan fingerprint density at radius 3 is 1.79 bits per heavy atom. The van der Waals surface area contributed by atoms with Crippen LogP contribution in [0.5, 0.6) is 0 Å². The van der Waals surface area contributed by atoms with Gasteiger partial charge in [0.1, 0.15) is 0 Å². The third-order valence-electron chi connectivity index (χ3n) is 1.75. The molecule has 0 heterocycles. The second-order valence-corrected chi connectivity index (χ2v) is 4.97. The van der Waals surface area contributed by atoms with Crippen molar-refractivity contribution in [3.05, 3.63) is 0 Å². The van der Waals surface area contributed by atoms with E-state index in [1.165, 1.54) is 13.8 Å². The molecule has 0 amide bonds. The number of aliphatic hydroxyl groups is 1. The van der Waals surface area contributed by atoms with E-state index in [-0.39, 0.29) is 6.61 Å². The topological polar surface area (TPSA) is 63.6 Å². The van der Waals surface area contributed by atoms with Gasteiger partial charge in [0.15, 0.2) is 0 Å². The van der Waals surface area contributed by atoms with E-state index in [0.717, 1.165) is 0 Å². The van der Waals surface area contributed by atoms with Crippen molar-refractivity contribution in [3.63, 3.8) is 0 Å². The van der Waals surface area contributed by atoms with Crippen molar-refractivity contribution in [1.82, 2.24) is 0 Å². The maximum Gasteiger partial charge on any atom is 0.321 e. The summed E-state index contributed by atoms with van der Waals surface area (Å²) in [6.45, 7) is 7.68. The number of esters is 2. The van der Waals surface area contributed by atoms with Gasteiger partial charge in [0.2, 0.25) is 0 Å². The van der Waals surface area contributed by atoms with Crippen molar-refractivity contribution >= 4 is 11.9 Å². The van der Waals surface area contributed by atoms with E-state index in [4.69, 9.17) is 5.11 Å². The molecule has 0 unspecified atom stereocenters. The molecule has 14 heavy (non-hydrogen) atoms. The van der Waals surface area contributed by atoms with Gasteiger partial charge < -0.3 is 9.84 Å². The van der Waals surface area contributed by atoms with E-state index in [1.54, 1.807) is 20.8 Å². The lowest BCUT2D eigenvalue weighted by Crippen LogP contribution is -2.35. The molecular weight excluding hydrogens is 184 g/mol. The molecule has 0 aliphatic heterocycles. The molecule has 0 bridgehead atoms. The van der Waals surface area contributed by atoms with Gasteiger partial charge in [-0.2, -0.15) is 0 Å². The molecule has 0 atom stereocenters. The molecule has 0 saturated carbocycles. The standard InChI is InChI=1S/C10H18O4/c1-9(2,3)7(12)14-8(13)10(4,5)6-11/h11H,6H2,1-5H3. The Balaban J connectivity index is 4.43. The molecule has 0 radical (unpaired) electrons. The molecule has 0 aliphatic carbocycles. The first kappa shape index (κ1) is 13.1. The largest absolute Gasteiger partial charge is 0.395 e.